The van der Waals surface area contributed by atoms with Crippen LogP contribution in [-0.2, 0) is 23.3 Å². The van der Waals surface area contributed by atoms with E-state index in [9.17, 15) is 0 Å². The third kappa shape index (κ3) is 3.74. The fourth-order valence-corrected chi connectivity index (χ4v) is 11.3. The summed E-state index contributed by atoms with van der Waals surface area (Å²) in [5.41, 5.74) is 14.2. The van der Waals surface area contributed by atoms with E-state index in [4.69, 9.17) is 0 Å². The molecule has 1 aliphatic heterocycles. The molecule has 1 aliphatic carbocycles. The molecular formula is C44H41N2P+2. The zero-order chi connectivity index (χ0) is 32.5. The number of hydrogen-bond donors (Lipinski definition) is 0. The lowest BCUT2D eigenvalue weighted by molar-refractivity contribution is -0.671. The van der Waals surface area contributed by atoms with Gasteiger partial charge in [-0.05, 0) is 80.6 Å². The molecular weight excluding hydrogens is 587 g/mol. The maximum absolute atomic E-state index is 2.78. The van der Waals surface area contributed by atoms with E-state index in [2.05, 4.69) is 179 Å². The highest BCUT2D eigenvalue weighted by atomic mass is 31.1. The van der Waals surface area contributed by atoms with Crippen LogP contribution in [0.1, 0.15) is 75.2 Å². The molecule has 2 nitrogen and oxygen atoms in total. The van der Waals surface area contributed by atoms with Crippen LogP contribution in [0.3, 0.4) is 0 Å². The summed E-state index contributed by atoms with van der Waals surface area (Å²) in [6.45, 7) is 14.0. The second-order valence-electron chi connectivity index (χ2n) is 15.6. The van der Waals surface area contributed by atoms with Crippen LogP contribution in [0.15, 0.2) is 121 Å². The minimum absolute atomic E-state index is 0.0280. The van der Waals surface area contributed by atoms with Crippen LogP contribution in [-0.4, -0.2) is 0 Å². The van der Waals surface area contributed by atoms with Gasteiger partial charge in [-0.3, -0.25) is 0 Å². The molecule has 230 valence electrons. The van der Waals surface area contributed by atoms with E-state index in [0.29, 0.717) is 0 Å². The van der Waals surface area contributed by atoms with E-state index in [1.54, 1.807) is 0 Å². The first kappa shape index (κ1) is 28.7. The van der Waals surface area contributed by atoms with Crippen molar-refractivity contribution in [1.29, 1.82) is 0 Å². The van der Waals surface area contributed by atoms with E-state index in [0.717, 1.165) is 0 Å². The van der Waals surface area contributed by atoms with Crippen molar-refractivity contribution in [2.75, 3.05) is 0 Å². The van der Waals surface area contributed by atoms with Gasteiger partial charge in [-0.1, -0.05) is 102 Å². The maximum atomic E-state index is 2.78. The smallest absolute Gasteiger partial charge is 0.197 e. The van der Waals surface area contributed by atoms with Crippen molar-refractivity contribution < 1.29 is 8.73 Å². The predicted octanol–water partition coefficient (Wildman–Crippen LogP) is 10.3. The first-order valence-electron chi connectivity index (χ1n) is 16.9. The Balaban J connectivity index is 1.59. The summed E-state index contributed by atoms with van der Waals surface area (Å²) in [6, 6.07) is 47.0. The van der Waals surface area contributed by atoms with Crippen LogP contribution in [0.4, 0.5) is 0 Å². The molecule has 0 amide bonds. The van der Waals surface area contributed by atoms with Gasteiger partial charge in [-0.15, -0.1) is 4.16 Å². The van der Waals surface area contributed by atoms with Gasteiger partial charge in [0, 0.05) is 24.3 Å². The van der Waals surface area contributed by atoms with Gasteiger partial charge in [-0.25, -0.2) is 0 Å². The van der Waals surface area contributed by atoms with E-state index in [1.807, 2.05) is 0 Å². The monoisotopic (exact) mass is 628 g/mol. The highest BCUT2D eigenvalue weighted by Crippen LogP contribution is 2.58. The summed E-state index contributed by atoms with van der Waals surface area (Å²) in [6.07, 6.45) is 0. The molecule has 1 spiro atoms. The van der Waals surface area contributed by atoms with Gasteiger partial charge in [0.1, 0.15) is 7.05 Å². The summed E-state index contributed by atoms with van der Waals surface area (Å²) in [5, 5.41) is 4.25. The summed E-state index contributed by atoms with van der Waals surface area (Å²) < 4.78 is 5.28. The van der Waals surface area contributed by atoms with E-state index in [1.165, 1.54) is 77.4 Å². The Morgan fingerprint density at radius 1 is 0.553 bits per heavy atom. The third-order valence-electron chi connectivity index (χ3n) is 10.9. The van der Waals surface area contributed by atoms with Crippen molar-refractivity contribution in [3.05, 3.63) is 155 Å². The van der Waals surface area contributed by atoms with Gasteiger partial charge < -0.3 is 0 Å². The molecule has 1 atom stereocenters. The van der Waals surface area contributed by atoms with Crippen LogP contribution in [0.2, 0.25) is 0 Å². The van der Waals surface area contributed by atoms with E-state index < -0.39 is 13.1 Å². The number of pyridine rings is 2. The Hall–Kier alpha value is -4.52. The highest BCUT2D eigenvalue weighted by molar-refractivity contribution is 7.56. The summed E-state index contributed by atoms with van der Waals surface area (Å²) in [4.78, 5) is 0. The second-order valence-corrected chi connectivity index (χ2v) is 17.6. The molecule has 3 heteroatoms. The Labute approximate surface area is 279 Å². The molecule has 0 saturated heterocycles. The molecule has 3 aromatic heterocycles. The minimum Gasteiger partial charge on any atom is -0.197 e. The van der Waals surface area contributed by atoms with Gasteiger partial charge in [0.25, 0.3) is 0 Å². The molecule has 7 aromatic rings. The van der Waals surface area contributed by atoms with Crippen LogP contribution in [0.5, 0.6) is 0 Å². The Bertz CT molecular complexity index is 2400. The number of nitrogens with zero attached hydrogens (tertiary/aromatic N) is 2. The van der Waals surface area contributed by atoms with E-state index in [-0.39, 0.29) is 10.8 Å². The van der Waals surface area contributed by atoms with Crippen LogP contribution < -0.4 is 8.73 Å². The summed E-state index contributed by atoms with van der Waals surface area (Å²) in [7, 11) is 1.32. The molecule has 47 heavy (non-hydrogen) atoms. The van der Waals surface area contributed by atoms with Crippen molar-refractivity contribution in [1.82, 2.24) is 0 Å². The molecule has 0 fully saturated rings. The number of benzene rings is 4. The molecule has 2 bridgehead atoms. The largest absolute Gasteiger partial charge is 0.221 e. The molecule has 1 unspecified atom stereocenters. The predicted molar refractivity (Wildman–Crippen MR) is 196 cm³/mol. The molecule has 0 N–H and O–H groups in total. The van der Waals surface area contributed by atoms with Gasteiger partial charge in [0.2, 0.25) is 22.6 Å². The van der Waals surface area contributed by atoms with Gasteiger partial charge >= 0.3 is 0 Å². The Morgan fingerprint density at radius 2 is 1.15 bits per heavy atom. The molecule has 9 rings (SSSR count). The zero-order valence-electron chi connectivity index (χ0n) is 28.4. The quantitative estimate of drug-likeness (QED) is 0.148. The lowest BCUT2D eigenvalue weighted by Crippen LogP contribution is -2.49. The van der Waals surface area contributed by atoms with Crippen molar-refractivity contribution in [2.45, 2.75) is 57.8 Å². The molecule has 4 heterocycles. The van der Waals surface area contributed by atoms with Crippen molar-refractivity contribution in [3.63, 3.8) is 0 Å². The highest BCUT2D eigenvalue weighted by Gasteiger charge is 2.57. The number of rotatable bonds is 0. The van der Waals surface area contributed by atoms with Crippen LogP contribution in [0.25, 0.3) is 43.7 Å². The molecule has 0 radical (unpaired) electrons. The van der Waals surface area contributed by atoms with Crippen LogP contribution >= 0.6 is 7.69 Å². The van der Waals surface area contributed by atoms with Crippen LogP contribution in [0, 0.1) is 0 Å². The standard InChI is InChI=1S/C44H41N2P/c1-42(2,3)28-22-24-32-36-18-12-20-40(45(36)7)44(34-16-10-8-14-30(34)31-15-9-11-17-35(31)44)41-21-13-19-37-33-25-23-29(43(4,5)6)27-39(33)47(46(37)41)38(32)26-28/h8-27H,1-7H3/q+2. The first-order chi connectivity index (χ1) is 22.5. The van der Waals surface area contributed by atoms with E-state index >= 15 is 0 Å². The fourth-order valence-electron chi connectivity index (χ4n) is 8.48. The first-order valence-corrected chi connectivity index (χ1v) is 18.2. The maximum Gasteiger partial charge on any atom is 0.221 e. The fraction of sp³-hybridized carbons (Fsp3) is 0.227. The third-order valence-corrected chi connectivity index (χ3v) is 13.3. The van der Waals surface area contributed by atoms with Gasteiger partial charge in [0.05, 0.1) is 21.4 Å². The van der Waals surface area contributed by atoms with Crippen molar-refractivity contribution in [3.8, 4) is 27.7 Å². The number of hydrogen-bond acceptors (Lipinski definition) is 0. The summed E-state index contributed by atoms with van der Waals surface area (Å²) >= 11 is 0. The van der Waals surface area contributed by atoms with Crippen molar-refractivity contribution in [2.24, 2.45) is 7.05 Å². The van der Waals surface area contributed by atoms with Gasteiger partial charge in [-0.2, -0.15) is 4.57 Å². The van der Waals surface area contributed by atoms with Gasteiger partial charge in [0.15, 0.2) is 13.1 Å². The summed E-state index contributed by atoms with van der Waals surface area (Å²) in [5.74, 6) is 0. The normalized spacial score (nSPS) is 14.8. The Morgan fingerprint density at radius 3 is 1.83 bits per heavy atom. The average molecular weight is 629 g/mol. The zero-order valence-corrected chi connectivity index (χ0v) is 29.3. The SMILES string of the molecule is C[n+]1c2cccc1C1(c3ccccc3-c3ccccc31)c1cccc3c4ccc(C(C)(C)C)cc4p([n+]13)-c1cc(C(C)(C)C)ccc1-2. The lowest BCUT2D eigenvalue weighted by atomic mass is 9.71. The number of aromatic nitrogens is 2. The second kappa shape index (κ2) is 9.52. The molecule has 0 saturated carbocycles. The average Bonchev–Trinajstić information content (AvgIpc) is 3.54. The molecule has 2 aliphatic rings. The number of fused-ring (bicyclic) bond motifs is 15. The minimum atomic E-state index is -0.967. The Kier molecular flexibility index (Phi) is 5.81. The topological polar surface area (TPSA) is 7.98 Å². The van der Waals surface area contributed by atoms with Crippen molar-refractivity contribution >= 4 is 23.7 Å². The lowest BCUT2D eigenvalue weighted by Gasteiger charge is -2.27. The molecule has 4 aromatic carbocycles.